The molecule has 0 spiro atoms. The number of likely N-dealkylation sites (N-methyl/N-ethyl adjacent to an activating group) is 1. The molecular formula is C17H16ClN5O3S. The minimum atomic E-state index is -4.00. The first-order valence-corrected chi connectivity index (χ1v) is 9.94. The van der Waals surface area contributed by atoms with Gasteiger partial charge in [-0.05, 0) is 32.1 Å². The second kappa shape index (κ2) is 6.59. The Morgan fingerprint density at radius 3 is 2.81 bits per heavy atom. The normalized spacial score (nSPS) is 12.4. The van der Waals surface area contributed by atoms with Crippen molar-refractivity contribution in [2.24, 2.45) is 0 Å². The van der Waals surface area contributed by atoms with Crippen molar-refractivity contribution in [1.29, 1.82) is 0 Å². The van der Waals surface area contributed by atoms with Crippen molar-refractivity contribution in [2.75, 3.05) is 20.6 Å². The van der Waals surface area contributed by atoms with E-state index in [1.807, 2.05) is 25.1 Å². The molecule has 10 heteroatoms. The van der Waals surface area contributed by atoms with Crippen LogP contribution in [0.15, 0.2) is 46.6 Å². The number of hydrogen-bond acceptors (Lipinski definition) is 7. The van der Waals surface area contributed by atoms with Gasteiger partial charge >= 0.3 is 0 Å². The second-order valence-corrected chi connectivity index (χ2v) is 8.52. The number of halogens is 1. The van der Waals surface area contributed by atoms with Crippen molar-refractivity contribution in [2.45, 2.75) is 11.4 Å². The monoisotopic (exact) mass is 405 g/mol. The number of fused-ring (bicyclic) bond motifs is 2. The van der Waals surface area contributed by atoms with Gasteiger partial charge in [0.15, 0.2) is 10.6 Å². The molecule has 0 fully saturated rings. The van der Waals surface area contributed by atoms with Crippen LogP contribution in [0, 0.1) is 0 Å². The zero-order chi connectivity index (χ0) is 19.2. The summed E-state index contributed by atoms with van der Waals surface area (Å²) in [5.74, 6) is 0. The average Bonchev–Trinajstić information content (AvgIpc) is 3.26. The first kappa shape index (κ1) is 17.9. The maximum absolute atomic E-state index is 13.4. The summed E-state index contributed by atoms with van der Waals surface area (Å²) < 4.78 is 33.0. The van der Waals surface area contributed by atoms with Crippen LogP contribution in [-0.4, -0.2) is 53.1 Å². The van der Waals surface area contributed by atoms with Crippen molar-refractivity contribution in [1.82, 2.24) is 24.0 Å². The molecule has 0 saturated heterocycles. The maximum atomic E-state index is 13.4. The van der Waals surface area contributed by atoms with Crippen molar-refractivity contribution in [3.8, 4) is 0 Å². The SMILES string of the molecule is CN(C)CCc1cn(S(=O)(=O)c2ncc(Cl)c3oncc23)c2cnccc12. The van der Waals surface area contributed by atoms with E-state index in [4.69, 9.17) is 16.1 Å². The van der Waals surface area contributed by atoms with Crippen LogP contribution in [0.1, 0.15) is 5.56 Å². The number of nitrogens with zero attached hydrogens (tertiary/aromatic N) is 5. The van der Waals surface area contributed by atoms with Gasteiger partial charge in [0.05, 0.1) is 29.5 Å². The smallest absolute Gasteiger partial charge is 0.286 e. The highest BCUT2D eigenvalue weighted by Gasteiger charge is 2.27. The summed E-state index contributed by atoms with van der Waals surface area (Å²) in [6.45, 7) is 0.788. The summed E-state index contributed by atoms with van der Waals surface area (Å²) in [6.07, 6.45) is 8.06. The fourth-order valence-corrected chi connectivity index (χ4v) is 4.61. The lowest BCUT2D eigenvalue weighted by Crippen LogP contribution is -2.15. The van der Waals surface area contributed by atoms with E-state index in [0.29, 0.717) is 11.9 Å². The van der Waals surface area contributed by atoms with Gasteiger partial charge in [-0.1, -0.05) is 16.8 Å². The molecule has 0 aliphatic heterocycles. The van der Waals surface area contributed by atoms with E-state index in [-0.39, 0.29) is 21.0 Å². The molecular weight excluding hydrogens is 390 g/mol. The van der Waals surface area contributed by atoms with E-state index in [2.05, 4.69) is 15.1 Å². The van der Waals surface area contributed by atoms with Gasteiger partial charge < -0.3 is 9.42 Å². The number of pyridine rings is 2. The molecule has 4 rings (SSSR count). The summed E-state index contributed by atoms with van der Waals surface area (Å²) >= 11 is 6.02. The summed E-state index contributed by atoms with van der Waals surface area (Å²) in [5.41, 5.74) is 1.60. The lowest BCUT2D eigenvalue weighted by atomic mass is 10.1. The minimum absolute atomic E-state index is 0.164. The predicted molar refractivity (Wildman–Crippen MR) is 101 cm³/mol. The molecule has 140 valence electrons. The Balaban J connectivity index is 1.93. The fraction of sp³-hybridized carbons (Fsp3) is 0.235. The van der Waals surface area contributed by atoms with Gasteiger partial charge in [0.1, 0.15) is 5.02 Å². The van der Waals surface area contributed by atoms with E-state index < -0.39 is 10.0 Å². The standard InChI is InChI=1S/C17H16ClN5O3S/c1-22(2)6-4-11-10-23(15-9-19-5-3-12(11)15)27(24,25)17-13-7-21-26-16(13)14(18)8-20-17/h3,5,7-10H,4,6H2,1-2H3. The molecule has 0 aliphatic carbocycles. The van der Waals surface area contributed by atoms with E-state index in [1.165, 1.54) is 22.6 Å². The number of aromatic nitrogens is 4. The third-order valence-electron chi connectivity index (χ3n) is 4.30. The Morgan fingerprint density at radius 1 is 1.22 bits per heavy atom. The Bertz CT molecular complexity index is 1250. The minimum Gasteiger partial charge on any atom is -0.355 e. The molecule has 0 radical (unpaired) electrons. The summed E-state index contributed by atoms with van der Waals surface area (Å²) in [7, 11) is -0.0633. The summed E-state index contributed by atoms with van der Waals surface area (Å²) in [5, 5.41) is 4.77. The van der Waals surface area contributed by atoms with Crippen LogP contribution in [0.5, 0.6) is 0 Å². The summed E-state index contributed by atoms with van der Waals surface area (Å²) in [6, 6.07) is 1.82. The molecule has 4 aromatic rings. The highest BCUT2D eigenvalue weighted by atomic mass is 35.5. The fourth-order valence-electron chi connectivity index (χ4n) is 2.96. The van der Waals surface area contributed by atoms with Crippen LogP contribution >= 0.6 is 11.6 Å². The Kier molecular flexibility index (Phi) is 4.37. The van der Waals surface area contributed by atoms with Gasteiger partial charge in [-0.25, -0.2) is 8.96 Å². The first-order chi connectivity index (χ1) is 12.9. The predicted octanol–water partition coefficient (Wildman–Crippen LogP) is 2.57. The van der Waals surface area contributed by atoms with Gasteiger partial charge in [0, 0.05) is 24.3 Å². The van der Waals surface area contributed by atoms with E-state index >= 15 is 0 Å². The van der Waals surface area contributed by atoms with Gasteiger partial charge in [-0.15, -0.1) is 0 Å². The van der Waals surface area contributed by atoms with E-state index in [0.717, 1.165) is 17.5 Å². The molecule has 4 heterocycles. The number of hydrogen-bond donors (Lipinski definition) is 0. The van der Waals surface area contributed by atoms with Crippen molar-refractivity contribution >= 4 is 43.5 Å². The van der Waals surface area contributed by atoms with Crippen molar-refractivity contribution in [3.05, 3.63) is 47.6 Å². The molecule has 0 unspecified atom stereocenters. The van der Waals surface area contributed by atoms with Gasteiger partial charge in [0.2, 0.25) is 0 Å². The molecule has 0 atom stereocenters. The van der Waals surface area contributed by atoms with Gasteiger partial charge in [-0.3, -0.25) is 4.98 Å². The van der Waals surface area contributed by atoms with Crippen LogP contribution in [-0.2, 0) is 16.4 Å². The highest BCUT2D eigenvalue weighted by Crippen LogP contribution is 2.31. The second-order valence-electron chi connectivity index (χ2n) is 6.38. The third kappa shape index (κ3) is 2.97. The van der Waals surface area contributed by atoms with Crippen molar-refractivity contribution < 1.29 is 12.9 Å². The molecule has 0 bridgehead atoms. The Morgan fingerprint density at radius 2 is 2.04 bits per heavy atom. The highest BCUT2D eigenvalue weighted by molar-refractivity contribution is 7.90. The maximum Gasteiger partial charge on any atom is 0.286 e. The van der Waals surface area contributed by atoms with Gasteiger partial charge in [0.25, 0.3) is 10.0 Å². The lowest BCUT2D eigenvalue weighted by Gasteiger charge is -2.08. The Labute approximate surface area is 160 Å². The molecule has 0 saturated carbocycles. The molecule has 4 aromatic heterocycles. The first-order valence-electron chi connectivity index (χ1n) is 8.12. The van der Waals surface area contributed by atoms with E-state index in [9.17, 15) is 8.42 Å². The quantitative estimate of drug-likeness (QED) is 0.503. The van der Waals surface area contributed by atoms with Gasteiger partial charge in [-0.2, -0.15) is 8.42 Å². The molecule has 0 N–H and O–H groups in total. The molecule has 27 heavy (non-hydrogen) atoms. The lowest BCUT2D eigenvalue weighted by molar-refractivity contribution is 0.414. The molecule has 0 aliphatic rings. The van der Waals surface area contributed by atoms with Crippen LogP contribution in [0.2, 0.25) is 5.02 Å². The van der Waals surface area contributed by atoms with Crippen LogP contribution < -0.4 is 0 Å². The molecule has 0 amide bonds. The van der Waals surface area contributed by atoms with E-state index in [1.54, 1.807) is 12.4 Å². The Hall–Kier alpha value is -2.49. The zero-order valence-electron chi connectivity index (χ0n) is 14.6. The third-order valence-corrected chi connectivity index (χ3v) is 6.20. The molecule has 0 aromatic carbocycles. The molecule has 8 nitrogen and oxygen atoms in total. The summed E-state index contributed by atoms with van der Waals surface area (Å²) in [4.78, 5) is 10.2. The zero-order valence-corrected chi connectivity index (χ0v) is 16.2. The average molecular weight is 406 g/mol. The van der Waals surface area contributed by atoms with Crippen LogP contribution in [0.25, 0.3) is 21.9 Å². The topological polar surface area (TPSA) is 94.1 Å². The number of rotatable bonds is 5. The van der Waals surface area contributed by atoms with Crippen LogP contribution in [0.4, 0.5) is 0 Å². The van der Waals surface area contributed by atoms with Crippen molar-refractivity contribution in [3.63, 3.8) is 0 Å². The van der Waals surface area contributed by atoms with Crippen LogP contribution in [0.3, 0.4) is 0 Å². The largest absolute Gasteiger partial charge is 0.355 e.